The van der Waals surface area contributed by atoms with E-state index in [1.807, 2.05) is 36.6 Å². The Balaban J connectivity index is 2.20. The minimum absolute atomic E-state index is 0.817. The topological polar surface area (TPSA) is 0 Å². The van der Waals surface area contributed by atoms with Gasteiger partial charge in [0, 0.05) is 4.90 Å². The Morgan fingerprint density at radius 3 is 2.62 bits per heavy atom. The molecule has 0 spiro atoms. The predicted octanol–water partition coefficient (Wildman–Crippen LogP) is 4.45. The molecule has 0 amide bonds. The lowest BCUT2D eigenvalue weighted by Crippen LogP contribution is -1.88. The molecule has 0 aliphatic rings. The van der Waals surface area contributed by atoms with Gasteiger partial charge in [-0.05, 0) is 42.0 Å². The maximum atomic E-state index is 6.15. The molecule has 1 radical (unpaired) electrons. The molecule has 0 nitrogen and oxygen atoms in total. The number of halogens is 1. The standard InChI is InChI=1S/C14H12ClS/c1-16-14-8-7-12(10-13(14)15)9-11-5-3-2-4-6-11/h2-6,8,10H,9H2,1H3. The number of hydrogen-bond acceptors (Lipinski definition) is 1. The summed E-state index contributed by atoms with van der Waals surface area (Å²) >= 11 is 7.80. The Hall–Kier alpha value is -0.920. The summed E-state index contributed by atoms with van der Waals surface area (Å²) < 4.78 is 0. The van der Waals surface area contributed by atoms with E-state index < -0.39 is 0 Å². The number of benzene rings is 2. The first-order valence-electron chi connectivity index (χ1n) is 5.07. The molecule has 0 saturated carbocycles. The predicted molar refractivity (Wildman–Crippen MR) is 71.3 cm³/mol. The van der Waals surface area contributed by atoms with Crippen LogP contribution in [0.3, 0.4) is 0 Å². The normalized spacial score (nSPS) is 10.4. The van der Waals surface area contributed by atoms with E-state index in [-0.39, 0.29) is 0 Å². The molecular formula is C14H12ClS. The fourth-order valence-corrected chi connectivity index (χ4v) is 2.42. The lowest BCUT2D eigenvalue weighted by atomic mass is 10.1. The molecule has 0 N–H and O–H groups in total. The van der Waals surface area contributed by atoms with Crippen LogP contribution < -0.4 is 0 Å². The Morgan fingerprint density at radius 1 is 1.25 bits per heavy atom. The van der Waals surface area contributed by atoms with Crippen LogP contribution in [0.25, 0.3) is 0 Å². The van der Waals surface area contributed by atoms with E-state index in [1.54, 1.807) is 11.8 Å². The SMILES string of the molecule is CSc1c[c]c(Cc2ccccc2)cc1Cl. The summed E-state index contributed by atoms with van der Waals surface area (Å²) in [7, 11) is 0. The van der Waals surface area contributed by atoms with Gasteiger partial charge in [0.05, 0.1) is 5.02 Å². The van der Waals surface area contributed by atoms with Gasteiger partial charge < -0.3 is 0 Å². The highest BCUT2D eigenvalue weighted by molar-refractivity contribution is 7.98. The fourth-order valence-electron chi connectivity index (χ4n) is 1.57. The van der Waals surface area contributed by atoms with E-state index in [0.717, 1.165) is 21.9 Å². The molecular weight excluding hydrogens is 236 g/mol. The van der Waals surface area contributed by atoms with Gasteiger partial charge in [-0.3, -0.25) is 0 Å². The van der Waals surface area contributed by atoms with Gasteiger partial charge in [0.25, 0.3) is 0 Å². The first-order chi connectivity index (χ1) is 7.79. The van der Waals surface area contributed by atoms with Gasteiger partial charge in [0.1, 0.15) is 0 Å². The summed E-state index contributed by atoms with van der Waals surface area (Å²) in [5.74, 6) is 0. The number of rotatable bonds is 3. The van der Waals surface area contributed by atoms with Crippen LogP contribution in [0.15, 0.2) is 47.4 Å². The van der Waals surface area contributed by atoms with Gasteiger partial charge in [-0.1, -0.05) is 41.9 Å². The van der Waals surface area contributed by atoms with Crippen molar-refractivity contribution >= 4 is 23.4 Å². The second-order valence-corrected chi connectivity index (χ2v) is 4.79. The summed E-state index contributed by atoms with van der Waals surface area (Å²) in [6.45, 7) is 0. The highest BCUT2D eigenvalue weighted by Gasteiger charge is 2.02. The molecule has 0 saturated heterocycles. The Labute approximate surface area is 106 Å². The summed E-state index contributed by atoms with van der Waals surface area (Å²) in [6.07, 6.45) is 2.90. The fraction of sp³-hybridized carbons (Fsp3) is 0.143. The van der Waals surface area contributed by atoms with Gasteiger partial charge >= 0.3 is 0 Å². The Morgan fingerprint density at radius 2 is 2.00 bits per heavy atom. The van der Waals surface area contributed by atoms with E-state index >= 15 is 0 Å². The molecule has 0 atom stereocenters. The van der Waals surface area contributed by atoms with Gasteiger partial charge in [-0.25, -0.2) is 0 Å². The first-order valence-corrected chi connectivity index (χ1v) is 6.68. The summed E-state index contributed by atoms with van der Waals surface area (Å²) in [6, 6.07) is 17.6. The molecule has 0 bridgehead atoms. The van der Waals surface area contributed by atoms with E-state index in [9.17, 15) is 0 Å². The van der Waals surface area contributed by atoms with Crippen LogP contribution >= 0.6 is 23.4 Å². The average molecular weight is 248 g/mol. The van der Waals surface area contributed by atoms with Crippen molar-refractivity contribution in [2.24, 2.45) is 0 Å². The van der Waals surface area contributed by atoms with Crippen LogP contribution in [0.1, 0.15) is 11.1 Å². The molecule has 2 aromatic carbocycles. The molecule has 16 heavy (non-hydrogen) atoms. The zero-order chi connectivity index (χ0) is 11.4. The molecule has 81 valence electrons. The lowest BCUT2D eigenvalue weighted by Gasteiger charge is -2.04. The van der Waals surface area contributed by atoms with Crippen molar-refractivity contribution in [3.05, 3.63) is 64.7 Å². The van der Waals surface area contributed by atoms with Crippen molar-refractivity contribution in [2.45, 2.75) is 11.3 Å². The third-order valence-corrected chi connectivity index (χ3v) is 3.58. The van der Waals surface area contributed by atoms with E-state index in [4.69, 9.17) is 11.6 Å². The molecule has 0 aliphatic heterocycles. The van der Waals surface area contributed by atoms with E-state index in [2.05, 4.69) is 18.2 Å². The van der Waals surface area contributed by atoms with E-state index in [1.165, 1.54) is 5.56 Å². The third-order valence-electron chi connectivity index (χ3n) is 2.38. The van der Waals surface area contributed by atoms with Gasteiger partial charge in [-0.2, -0.15) is 0 Å². The summed E-state index contributed by atoms with van der Waals surface area (Å²) in [5.41, 5.74) is 2.42. The van der Waals surface area contributed by atoms with Crippen LogP contribution in [0, 0.1) is 6.07 Å². The smallest absolute Gasteiger partial charge is 0.0545 e. The largest absolute Gasteiger partial charge is 0.128 e. The minimum Gasteiger partial charge on any atom is -0.128 e. The molecule has 0 aliphatic carbocycles. The van der Waals surface area contributed by atoms with Crippen molar-refractivity contribution < 1.29 is 0 Å². The molecule has 0 heterocycles. The second kappa shape index (κ2) is 5.42. The molecule has 0 aromatic heterocycles. The zero-order valence-corrected chi connectivity index (χ0v) is 10.6. The van der Waals surface area contributed by atoms with Crippen LogP contribution in [0.5, 0.6) is 0 Å². The number of thioether (sulfide) groups is 1. The van der Waals surface area contributed by atoms with Crippen molar-refractivity contribution in [3.8, 4) is 0 Å². The highest BCUT2D eigenvalue weighted by atomic mass is 35.5. The second-order valence-electron chi connectivity index (χ2n) is 3.54. The van der Waals surface area contributed by atoms with Crippen LogP contribution in [0.4, 0.5) is 0 Å². The van der Waals surface area contributed by atoms with Gasteiger partial charge in [-0.15, -0.1) is 11.8 Å². The number of hydrogen-bond donors (Lipinski definition) is 0. The maximum Gasteiger partial charge on any atom is 0.0545 e. The summed E-state index contributed by atoms with van der Waals surface area (Å²) in [4.78, 5) is 1.08. The van der Waals surface area contributed by atoms with Crippen LogP contribution in [-0.4, -0.2) is 6.26 Å². The third kappa shape index (κ3) is 2.81. The van der Waals surface area contributed by atoms with Crippen LogP contribution in [0.2, 0.25) is 5.02 Å². The quantitative estimate of drug-likeness (QED) is 0.722. The van der Waals surface area contributed by atoms with Crippen molar-refractivity contribution in [1.82, 2.24) is 0 Å². The maximum absolute atomic E-state index is 6.15. The molecule has 0 unspecified atom stereocenters. The van der Waals surface area contributed by atoms with E-state index in [0.29, 0.717) is 0 Å². The first kappa shape index (κ1) is 11.6. The lowest BCUT2D eigenvalue weighted by molar-refractivity contribution is 1.18. The average Bonchev–Trinajstić information content (AvgIpc) is 2.31. The Bertz CT molecular complexity index is 465. The molecule has 2 rings (SSSR count). The van der Waals surface area contributed by atoms with Gasteiger partial charge in [0.15, 0.2) is 0 Å². The van der Waals surface area contributed by atoms with Gasteiger partial charge in [0.2, 0.25) is 0 Å². The highest BCUT2D eigenvalue weighted by Crippen LogP contribution is 2.26. The van der Waals surface area contributed by atoms with Crippen molar-refractivity contribution in [3.63, 3.8) is 0 Å². The monoisotopic (exact) mass is 247 g/mol. The zero-order valence-electron chi connectivity index (χ0n) is 9.03. The molecule has 2 heteroatoms. The Kier molecular flexibility index (Phi) is 3.92. The summed E-state index contributed by atoms with van der Waals surface area (Å²) in [5, 5.41) is 0.817. The van der Waals surface area contributed by atoms with Crippen LogP contribution in [-0.2, 0) is 6.42 Å². The van der Waals surface area contributed by atoms with Crippen molar-refractivity contribution in [1.29, 1.82) is 0 Å². The van der Waals surface area contributed by atoms with Crippen molar-refractivity contribution in [2.75, 3.05) is 6.26 Å². The molecule has 2 aromatic rings. The molecule has 0 fully saturated rings. The minimum atomic E-state index is 0.817.